The summed E-state index contributed by atoms with van der Waals surface area (Å²) in [5, 5.41) is 3.92. The summed E-state index contributed by atoms with van der Waals surface area (Å²) in [5.74, 6) is 2.14. The van der Waals surface area contributed by atoms with Crippen LogP contribution in [0.25, 0.3) is 0 Å². The Morgan fingerprint density at radius 1 is 0.950 bits per heavy atom. The van der Waals surface area contributed by atoms with Crippen LogP contribution in [0.1, 0.15) is 91.4 Å². The lowest BCUT2D eigenvalue weighted by Crippen LogP contribution is -2.42. The number of fused-ring (bicyclic) bond motifs is 1. The number of hydrogen-bond acceptors (Lipinski definition) is 1. The molecule has 0 bridgehead atoms. The summed E-state index contributed by atoms with van der Waals surface area (Å²) in [5.41, 5.74) is 0.485. The first-order chi connectivity index (χ1) is 9.61. The quantitative estimate of drug-likeness (QED) is 0.603. The largest absolute Gasteiger partial charge is 0.313 e. The van der Waals surface area contributed by atoms with Gasteiger partial charge in [-0.05, 0) is 42.9 Å². The average Bonchev–Trinajstić information content (AvgIpc) is 2.45. The highest BCUT2D eigenvalue weighted by Gasteiger charge is 2.32. The fourth-order valence-corrected chi connectivity index (χ4v) is 4.42. The van der Waals surface area contributed by atoms with E-state index in [4.69, 9.17) is 0 Å². The van der Waals surface area contributed by atoms with E-state index >= 15 is 0 Å². The third-order valence-corrected chi connectivity index (χ3v) is 5.87. The van der Waals surface area contributed by atoms with Gasteiger partial charge in [0.25, 0.3) is 0 Å². The standard InChI is InChI=1S/C19H37N/c1-4-5-8-13-19(2,3)15-20-18-12-11-16-9-6-7-10-17(16)14-18/h16-18,20H,4-15H2,1-3H3. The predicted octanol–water partition coefficient (Wildman–Crippen LogP) is 5.54. The highest BCUT2D eigenvalue weighted by Crippen LogP contribution is 2.40. The maximum Gasteiger partial charge on any atom is 0.00701 e. The van der Waals surface area contributed by atoms with Crippen LogP contribution in [0, 0.1) is 17.3 Å². The van der Waals surface area contributed by atoms with Crippen molar-refractivity contribution in [3.8, 4) is 0 Å². The predicted molar refractivity (Wildman–Crippen MR) is 89.0 cm³/mol. The van der Waals surface area contributed by atoms with Crippen molar-refractivity contribution in [1.82, 2.24) is 5.32 Å². The van der Waals surface area contributed by atoms with Crippen LogP contribution in [-0.2, 0) is 0 Å². The molecule has 1 nitrogen and oxygen atoms in total. The second-order valence-corrected chi connectivity index (χ2v) is 8.32. The van der Waals surface area contributed by atoms with Crippen molar-refractivity contribution in [1.29, 1.82) is 0 Å². The van der Waals surface area contributed by atoms with Crippen molar-refractivity contribution < 1.29 is 0 Å². The average molecular weight is 280 g/mol. The third-order valence-electron chi connectivity index (χ3n) is 5.87. The molecule has 2 aliphatic carbocycles. The number of hydrogen-bond donors (Lipinski definition) is 1. The highest BCUT2D eigenvalue weighted by molar-refractivity contribution is 4.87. The molecular weight excluding hydrogens is 242 g/mol. The Labute approximate surface area is 127 Å². The third kappa shape index (κ3) is 5.06. The lowest BCUT2D eigenvalue weighted by atomic mass is 9.69. The molecule has 118 valence electrons. The summed E-state index contributed by atoms with van der Waals surface area (Å²) in [6.45, 7) is 8.41. The van der Waals surface area contributed by atoms with Crippen LogP contribution in [0.5, 0.6) is 0 Å². The molecule has 20 heavy (non-hydrogen) atoms. The summed E-state index contributed by atoms with van der Waals surface area (Å²) in [7, 11) is 0. The highest BCUT2D eigenvalue weighted by atomic mass is 14.9. The van der Waals surface area contributed by atoms with Crippen molar-refractivity contribution in [2.24, 2.45) is 17.3 Å². The minimum Gasteiger partial charge on any atom is -0.313 e. The van der Waals surface area contributed by atoms with Crippen LogP contribution in [0.3, 0.4) is 0 Å². The Bertz CT molecular complexity index is 271. The van der Waals surface area contributed by atoms with E-state index in [9.17, 15) is 0 Å². The molecule has 0 aliphatic heterocycles. The van der Waals surface area contributed by atoms with Gasteiger partial charge in [-0.2, -0.15) is 0 Å². The summed E-state index contributed by atoms with van der Waals surface area (Å²) in [4.78, 5) is 0. The van der Waals surface area contributed by atoms with Gasteiger partial charge in [0.05, 0.1) is 0 Å². The van der Waals surface area contributed by atoms with Gasteiger partial charge in [0, 0.05) is 12.6 Å². The zero-order chi connectivity index (χ0) is 14.4. The van der Waals surface area contributed by atoms with Crippen LogP contribution in [-0.4, -0.2) is 12.6 Å². The smallest absolute Gasteiger partial charge is 0.00701 e. The molecular formula is C19H37N. The first-order valence-electron chi connectivity index (χ1n) is 9.34. The molecule has 0 amide bonds. The molecule has 3 atom stereocenters. The minimum absolute atomic E-state index is 0.485. The molecule has 2 saturated carbocycles. The summed E-state index contributed by atoms with van der Waals surface area (Å²) in [6.07, 6.45) is 16.0. The zero-order valence-electron chi connectivity index (χ0n) is 14.2. The Morgan fingerprint density at radius 2 is 1.70 bits per heavy atom. The molecule has 1 heteroatoms. The fraction of sp³-hybridized carbons (Fsp3) is 1.00. The van der Waals surface area contributed by atoms with Crippen LogP contribution in [0.2, 0.25) is 0 Å². The van der Waals surface area contributed by atoms with Gasteiger partial charge in [-0.1, -0.05) is 65.7 Å². The van der Waals surface area contributed by atoms with Gasteiger partial charge in [-0.3, -0.25) is 0 Å². The van der Waals surface area contributed by atoms with Crippen molar-refractivity contribution >= 4 is 0 Å². The van der Waals surface area contributed by atoms with Crippen molar-refractivity contribution in [3.63, 3.8) is 0 Å². The van der Waals surface area contributed by atoms with Crippen LogP contribution in [0.4, 0.5) is 0 Å². The van der Waals surface area contributed by atoms with Gasteiger partial charge in [0.15, 0.2) is 0 Å². The normalized spacial score (nSPS) is 31.1. The van der Waals surface area contributed by atoms with E-state index in [1.807, 2.05) is 0 Å². The van der Waals surface area contributed by atoms with E-state index in [2.05, 4.69) is 26.1 Å². The monoisotopic (exact) mass is 279 g/mol. The van der Waals surface area contributed by atoms with Crippen LogP contribution < -0.4 is 5.32 Å². The van der Waals surface area contributed by atoms with E-state index in [-0.39, 0.29) is 0 Å². The molecule has 3 unspecified atom stereocenters. The molecule has 2 fully saturated rings. The molecule has 0 spiro atoms. The minimum atomic E-state index is 0.485. The molecule has 0 saturated heterocycles. The summed E-state index contributed by atoms with van der Waals surface area (Å²) in [6, 6.07) is 0.819. The second-order valence-electron chi connectivity index (χ2n) is 8.32. The second kappa shape index (κ2) is 7.82. The van der Waals surface area contributed by atoms with Gasteiger partial charge < -0.3 is 5.32 Å². The molecule has 2 rings (SSSR count). The van der Waals surface area contributed by atoms with E-state index in [0.29, 0.717) is 5.41 Å². The van der Waals surface area contributed by atoms with Gasteiger partial charge in [-0.25, -0.2) is 0 Å². The van der Waals surface area contributed by atoms with Crippen LogP contribution >= 0.6 is 0 Å². The number of unbranched alkanes of at least 4 members (excludes halogenated alkanes) is 2. The lowest BCUT2D eigenvalue weighted by molar-refractivity contribution is 0.136. The van der Waals surface area contributed by atoms with E-state index in [0.717, 1.165) is 17.9 Å². The van der Waals surface area contributed by atoms with Crippen molar-refractivity contribution in [2.45, 2.75) is 97.4 Å². The van der Waals surface area contributed by atoms with Crippen molar-refractivity contribution in [2.75, 3.05) is 6.54 Å². The van der Waals surface area contributed by atoms with Crippen LogP contribution in [0.15, 0.2) is 0 Å². The molecule has 0 radical (unpaired) electrons. The molecule has 0 aromatic carbocycles. The summed E-state index contributed by atoms with van der Waals surface area (Å²) < 4.78 is 0. The fourth-order valence-electron chi connectivity index (χ4n) is 4.42. The Morgan fingerprint density at radius 3 is 2.45 bits per heavy atom. The maximum atomic E-state index is 3.92. The first kappa shape index (κ1) is 16.3. The maximum absolute atomic E-state index is 3.92. The molecule has 1 N–H and O–H groups in total. The summed E-state index contributed by atoms with van der Waals surface area (Å²) >= 11 is 0. The van der Waals surface area contributed by atoms with Gasteiger partial charge in [-0.15, -0.1) is 0 Å². The number of nitrogens with one attached hydrogen (secondary N) is 1. The van der Waals surface area contributed by atoms with Gasteiger partial charge >= 0.3 is 0 Å². The molecule has 0 heterocycles. The first-order valence-corrected chi connectivity index (χ1v) is 9.34. The number of rotatable bonds is 7. The Balaban J connectivity index is 1.68. The van der Waals surface area contributed by atoms with E-state index < -0.39 is 0 Å². The molecule has 0 aromatic heterocycles. The SMILES string of the molecule is CCCCCC(C)(C)CNC1CCC2CCCCC2C1. The molecule has 2 aliphatic rings. The Kier molecular flexibility index (Phi) is 6.39. The van der Waals surface area contributed by atoms with Gasteiger partial charge in [0.1, 0.15) is 0 Å². The van der Waals surface area contributed by atoms with Crippen molar-refractivity contribution in [3.05, 3.63) is 0 Å². The van der Waals surface area contributed by atoms with E-state index in [1.54, 1.807) is 0 Å². The van der Waals surface area contributed by atoms with E-state index in [1.165, 1.54) is 77.2 Å². The lowest BCUT2D eigenvalue weighted by Gasteiger charge is -2.40. The Hall–Kier alpha value is -0.0400. The van der Waals surface area contributed by atoms with Gasteiger partial charge in [0.2, 0.25) is 0 Å². The zero-order valence-corrected chi connectivity index (χ0v) is 14.2. The molecule has 0 aromatic rings. The topological polar surface area (TPSA) is 12.0 Å².